The van der Waals surface area contributed by atoms with Crippen LogP contribution in [-0.2, 0) is 28.8 Å². The molecule has 0 aliphatic heterocycles. The van der Waals surface area contributed by atoms with Crippen LogP contribution in [0.4, 0.5) is 0 Å². The Kier molecular flexibility index (Phi) is 12.7. The number of carboxylic acid groups (broad SMARTS) is 1. The fraction of sp³-hybridized carbons (Fsp3) is 0.700. The molecule has 10 N–H and O–H groups in total. The summed E-state index contributed by atoms with van der Waals surface area (Å²) in [6.45, 7) is 6.76. The van der Waals surface area contributed by atoms with Crippen molar-refractivity contribution in [3.8, 4) is 0 Å². The van der Waals surface area contributed by atoms with Crippen LogP contribution in [0.15, 0.2) is 0 Å². The molecule has 33 heavy (non-hydrogen) atoms. The highest BCUT2D eigenvalue weighted by Gasteiger charge is 2.33. The maximum absolute atomic E-state index is 12.8. The molecule has 0 rings (SSSR count). The molecule has 0 bridgehead atoms. The Morgan fingerprint density at radius 3 is 1.76 bits per heavy atom. The number of carbonyl (C=O) groups is 6. The van der Waals surface area contributed by atoms with Gasteiger partial charge in [-0.15, -0.1) is 0 Å². The first kappa shape index (κ1) is 29.8. The third-order valence-corrected chi connectivity index (χ3v) is 5.15. The Labute approximate surface area is 192 Å². The summed E-state index contributed by atoms with van der Waals surface area (Å²) in [5, 5.41) is 16.4. The second-order valence-corrected chi connectivity index (χ2v) is 8.28. The Bertz CT molecular complexity index is 742. The van der Waals surface area contributed by atoms with Crippen molar-refractivity contribution in [3.63, 3.8) is 0 Å². The number of nitrogens with one attached hydrogen (secondary N) is 3. The second-order valence-electron chi connectivity index (χ2n) is 8.28. The van der Waals surface area contributed by atoms with Crippen molar-refractivity contribution in [1.82, 2.24) is 16.0 Å². The average molecular weight is 473 g/mol. The van der Waals surface area contributed by atoms with Gasteiger partial charge in [-0.25, -0.2) is 4.79 Å². The molecular weight excluding hydrogens is 436 g/mol. The lowest BCUT2D eigenvalue weighted by Crippen LogP contribution is -2.58. The van der Waals surface area contributed by atoms with E-state index in [4.69, 9.17) is 17.2 Å². The van der Waals surface area contributed by atoms with Gasteiger partial charge in [-0.2, -0.15) is 0 Å². The molecule has 0 saturated heterocycles. The summed E-state index contributed by atoms with van der Waals surface area (Å²) in [5.74, 6) is -6.09. The van der Waals surface area contributed by atoms with Crippen LogP contribution in [0.5, 0.6) is 0 Å². The first-order chi connectivity index (χ1) is 15.2. The Morgan fingerprint density at radius 2 is 1.33 bits per heavy atom. The van der Waals surface area contributed by atoms with Crippen LogP contribution in [0.3, 0.4) is 0 Å². The van der Waals surface area contributed by atoms with Gasteiger partial charge in [-0.3, -0.25) is 24.0 Å². The van der Waals surface area contributed by atoms with Crippen molar-refractivity contribution >= 4 is 35.5 Å². The van der Waals surface area contributed by atoms with Crippen LogP contribution in [0, 0.1) is 11.8 Å². The molecule has 5 atom stereocenters. The Hall–Kier alpha value is -3.22. The van der Waals surface area contributed by atoms with Gasteiger partial charge in [0.2, 0.25) is 29.5 Å². The molecule has 0 spiro atoms. The molecule has 0 saturated carbocycles. The van der Waals surface area contributed by atoms with E-state index in [1.807, 2.05) is 0 Å². The summed E-state index contributed by atoms with van der Waals surface area (Å²) in [6.07, 6.45) is -0.613. The molecule has 0 fully saturated rings. The van der Waals surface area contributed by atoms with E-state index < -0.39 is 72.0 Å². The van der Waals surface area contributed by atoms with Gasteiger partial charge < -0.3 is 38.3 Å². The summed E-state index contributed by atoms with van der Waals surface area (Å²) in [7, 11) is 0. The van der Waals surface area contributed by atoms with Crippen LogP contribution in [0.2, 0.25) is 0 Å². The smallest absolute Gasteiger partial charge is 0.326 e. The molecule has 0 aliphatic carbocycles. The predicted molar refractivity (Wildman–Crippen MR) is 118 cm³/mol. The maximum atomic E-state index is 12.8. The van der Waals surface area contributed by atoms with Crippen molar-refractivity contribution in [3.05, 3.63) is 0 Å². The number of aliphatic carboxylic acids is 1. The fourth-order valence-electron chi connectivity index (χ4n) is 2.75. The minimum absolute atomic E-state index is 0.187. The molecule has 5 amide bonds. The number of primary amides is 2. The third-order valence-electron chi connectivity index (χ3n) is 5.15. The Balaban J connectivity index is 5.64. The highest BCUT2D eigenvalue weighted by Crippen LogP contribution is 2.09. The molecule has 0 aromatic rings. The van der Waals surface area contributed by atoms with E-state index in [9.17, 15) is 33.9 Å². The molecule has 0 aromatic carbocycles. The lowest BCUT2D eigenvalue weighted by atomic mass is 9.98. The van der Waals surface area contributed by atoms with E-state index in [1.54, 1.807) is 27.7 Å². The quantitative estimate of drug-likeness (QED) is 0.136. The van der Waals surface area contributed by atoms with Crippen molar-refractivity contribution in [1.29, 1.82) is 0 Å². The number of nitrogens with two attached hydrogens (primary N) is 3. The zero-order valence-electron chi connectivity index (χ0n) is 19.4. The number of carbonyl (C=O) groups excluding carboxylic acids is 5. The van der Waals surface area contributed by atoms with Gasteiger partial charge >= 0.3 is 5.97 Å². The average Bonchev–Trinajstić information content (AvgIpc) is 2.71. The fourth-order valence-corrected chi connectivity index (χ4v) is 2.75. The van der Waals surface area contributed by atoms with Gasteiger partial charge in [0.15, 0.2) is 0 Å². The SMILES string of the molecule is CCC(C)C(NC(=O)C(CC(N)=O)NC(=O)C(CCC(N)=O)NC(=O)C(N)C(C)C)C(=O)O. The van der Waals surface area contributed by atoms with E-state index in [1.165, 1.54) is 0 Å². The number of amides is 5. The van der Waals surface area contributed by atoms with Crippen LogP contribution in [0.25, 0.3) is 0 Å². The highest BCUT2D eigenvalue weighted by molar-refractivity contribution is 5.96. The van der Waals surface area contributed by atoms with Crippen LogP contribution < -0.4 is 33.2 Å². The largest absolute Gasteiger partial charge is 0.480 e. The van der Waals surface area contributed by atoms with Gasteiger partial charge in [0.05, 0.1) is 12.5 Å². The van der Waals surface area contributed by atoms with Crippen molar-refractivity contribution < 1.29 is 33.9 Å². The van der Waals surface area contributed by atoms with Crippen LogP contribution >= 0.6 is 0 Å². The number of carboxylic acids is 1. The standard InChI is InChI=1S/C20H36N6O7/c1-5-10(4)16(20(32)33)26-18(30)12(8-14(22)28)25-17(29)11(6-7-13(21)27)24-19(31)15(23)9(2)3/h9-12,15-16H,5-8,23H2,1-4H3,(H2,21,27)(H2,22,28)(H,24,31)(H,25,29)(H,26,30)(H,32,33). The van der Waals surface area contributed by atoms with Crippen LogP contribution in [-0.4, -0.2) is 64.8 Å². The molecule has 0 aromatic heterocycles. The summed E-state index contributed by atoms with van der Waals surface area (Å²) >= 11 is 0. The molecular formula is C20H36N6O7. The molecule has 5 unspecified atom stereocenters. The zero-order chi connectivity index (χ0) is 25.9. The van der Waals surface area contributed by atoms with Gasteiger partial charge in [-0.05, 0) is 18.3 Å². The normalized spacial score (nSPS) is 15.5. The van der Waals surface area contributed by atoms with Gasteiger partial charge in [0.25, 0.3) is 0 Å². The van der Waals surface area contributed by atoms with E-state index in [2.05, 4.69) is 16.0 Å². The lowest BCUT2D eigenvalue weighted by molar-refractivity contribution is -0.144. The van der Waals surface area contributed by atoms with E-state index in [0.717, 1.165) is 0 Å². The summed E-state index contributed by atoms with van der Waals surface area (Å²) in [6, 6.07) is -5.00. The monoisotopic (exact) mass is 472 g/mol. The highest BCUT2D eigenvalue weighted by atomic mass is 16.4. The molecule has 13 nitrogen and oxygen atoms in total. The zero-order valence-corrected chi connectivity index (χ0v) is 19.4. The van der Waals surface area contributed by atoms with Crippen LogP contribution in [0.1, 0.15) is 53.4 Å². The van der Waals surface area contributed by atoms with Gasteiger partial charge in [0.1, 0.15) is 18.1 Å². The molecule has 0 radical (unpaired) electrons. The summed E-state index contributed by atoms with van der Waals surface area (Å²) < 4.78 is 0. The lowest BCUT2D eigenvalue weighted by Gasteiger charge is -2.26. The third kappa shape index (κ3) is 10.8. The molecule has 13 heteroatoms. The van der Waals surface area contributed by atoms with Crippen molar-refractivity contribution in [2.45, 2.75) is 77.5 Å². The van der Waals surface area contributed by atoms with Gasteiger partial charge in [-0.1, -0.05) is 34.1 Å². The Morgan fingerprint density at radius 1 is 0.818 bits per heavy atom. The summed E-state index contributed by atoms with van der Waals surface area (Å²) in [4.78, 5) is 72.0. The summed E-state index contributed by atoms with van der Waals surface area (Å²) in [5.41, 5.74) is 16.1. The topological polar surface area (TPSA) is 237 Å². The number of hydrogen-bond donors (Lipinski definition) is 7. The molecule has 188 valence electrons. The first-order valence-corrected chi connectivity index (χ1v) is 10.7. The molecule has 0 heterocycles. The second kappa shape index (κ2) is 14.0. The minimum atomic E-state index is -1.51. The first-order valence-electron chi connectivity index (χ1n) is 10.7. The minimum Gasteiger partial charge on any atom is -0.480 e. The maximum Gasteiger partial charge on any atom is 0.326 e. The van der Waals surface area contributed by atoms with E-state index in [0.29, 0.717) is 6.42 Å². The van der Waals surface area contributed by atoms with Gasteiger partial charge in [0, 0.05) is 6.42 Å². The number of rotatable bonds is 15. The number of hydrogen-bond acceptors (Lipinski definition) is 7. The van der Waals surface area contributed by atoms with Crippen molar-refractivity contribution in [2.75, 3.05) is 0 Å². The van der Waals surface area contributed by atoms with E-state index in [-0.39, 0.29) is 18.8 Å². The van der Waals surface area contributed by atoms with E-state index >= 15 is 0 Å². The molecule has 0 aliphatic rings. The van der Waals surface area contributed by atoms with Crippen molar-refractivity contribution in [2.24, 2.45) is 29.0 Å². The predicted octanol–water partition coefficient (Wildman–Crippen LogP) is -2.30.